The Morgan fingerprint density at radius 2 is 1.50 bits per heavy atom. The zero-order valence-electron chi connectivity index (χ0n) is 15.3. The van der Waals surface area contributed by atoms with Crippen LogP contribution >= 0.6 is 21.6 Å². The molecule has 0 saturated carbocycles. The Hall–Kier alpha value is -2.44. The minimum atomic E-state index is -0.786. The Bertz CT molecular complexity index is 969. The first kappa shape index (κ1) is 20.3. The van der Waals surface area contributed by atoms with Crippen LogP contribution in [0.5, 0.6) is 0 Å². The number of rotatable bonds is 9. The van der Waals surface area contributed by atoms with Crippen molar-refractivity contribution in [1.82, 2.24) is 5.32 Å². The molecule has 6 heteroatoms. The Labute approximate surface area is 172 Å². The number of benzene rings is 3. The lowest BCUT2D eigenvalue weighted by atomic mass is 9.94. The Morgan fingerprint density at radius 3 is 2.36 bits per heavy atom. The van der Waals surface area contributed by atoms with Gasteiger partial charge in [-0.3, -0.25) is 9.59 Å². The van der Waals surface area contributed by atoms with E-state index in [1.807, 2.05) is 48.5 Å². The minimum absolute atomic E-state index is 0.0975. The molecule has 3 rings (SSSR count). The number of hydrogen-bond donors (Lipinski definition) is 2. The maximum absolute atomic E-state index is 12.7. The van der Waals surface area contributed by atoms with E-state index in [4.69, 9.17) is 5.11 Å². The molecule has 0 spiro atoms. The molecule has 0 bridgehead atoms. The number of fused-ring (bicyclic) bond motifs is 1. The summed E-state index contributed by atoms with van der Waals surface area (Å²) >= 11 is 0. The third-order valence-corrected chi connectivity index (χ3v) is 6.61. The Morgan fingerprint density at radius 1 is 0.821 bits per heavy atom. The van der Waals surface area contributed by atoms with Crippen LogP contribution in [0.4, 0.5) is 0 Å². The summed E-state index contributed by atoms with van der Waals surface area (Å²) in [4.78, 5) is 23.2. The molecule has 3 aromatic rings. The monoisotopic (exact) mass is 411 g/mol. The van der Waals surface area contributed by atoms with Crippen LogP contribution in [0.2, 0.25) is 0 Å². The summed E-state index contributed by atoms with van der Waals surface area (Å²) in [5, 5.41) is 13.9. The molecule has 0 fully saturated rings. The molecule has 0 aliphatic rings. The van der Waals surface area contributed by atoms with E-state index in [-0.39, 0.29) is 12.3 Å². The highest BCUT2D eigenvalue weighted by molar-refractivity contribution is 8.76. The summed E-state index contributed by atoms with van der Waals surface area (Å²) in [5.41, 5.74) is 2.62. The maximum Gasteiger partial charge on any atom is 0.304 e. The number of carbonyl (C=O) groups excluding carboxylic acids is 1. The molecule has 28 heavy (non-hydrogen) atoms. The van der Waals surface area contributed by atoms with E-state index in [0.717, 1.165) is 27.7 Å². The third kappa shape index (κ3) is 5.30. The van der Waals surface area contributed by atoms with Gasteiger partial charge in [0.15, 0.2) is 0 Å². The Balaban J connectivity index is 1.67. The van der Waals surface area contributed by atoms with E-state index in [9.17, 15) is 9.59 Å². The average molecular weight is 412 g/mol. The van der Waals surface area contributed by atoms with Gasteiger partial charge in [0.05, 0.1) is 6.42 Å². The third-order valence-electron chi connectivity index (χ3n) is 4.21. The highest BCUT2D eigenvalue weighted by atomic mass is 33.1. The molecule has 144 valence electrons. The van der Waals surface area contributed by atoms with Crippen molar-refractivity contribution in [3.63, 3.8) is 0 Å². The van der Waals surface area contributed by atoms with Gasteiger partial charge in [-0.25, -0.2) is 0 Å². The number of aliphatic carboxylic acids is 1. The molecule has 0 atom stereocenters. The fraction of sp³-hybridized carbons (Fsp3) is 0.182. The zero-order valence-corrected chi connectivity index (χ0v) is 16.9. The number of carboxylic acid groups (broad SMARTS) is 1. The normalized spacial score (nSPS) is 10.7. The number of amides is 1. The minimum Gasteiger partial charge on any atom is -0.481 e. The fourth-order valence-electron chi connectivity index (χ4n) is 2.92. The van der Waals surface area contributed by atoms with Gasteiger partial charge in [0, 0.05) is 23.6 Å². The van der Waals surface area contributed by atoms with Crippen LogP contribution in [0, 0.1) is 0 Å². The predicted octanol–water partition coefficient (Wildman–Crippen LogP) is 5.09. The number of nitrogens with one attached hydrogen (secondary N) is 1. The topological polar surface area (TPSA) is 66.4 Å². The maximum atomic E-state index is 12.7. The van der Waals surface area contributed by atoms with Gasteiger partial charge < -0.3 is 10.4 Å². The van der Waals surface area contributed by atoms with Gasteiger partial charge in [0.25, 0.3) is 5.91 Å². The summed E-state index contributed by atoms with van der Waals surface area (Å²) in [5.74, 6) is 0.413. The van der Waals surface area contributed by atoms with Crippen LogP contribution in [-0.4, -0.2) is 35.0 Å². The second kappa shape index (κ2) is 10.2. The first-order valence-electron chi connectivity index (χ1n) is 8.98. The van der Waals surface area contributed by atoms with Gasteiger partial charge in [-0.1, -0.05) is 82.3 Å². The van der Waals surface area contributed by atoms with E-state index < -0.39 is 5.97 Å². The molecule has 0 aromatic heterocycles. The Kier molecular flexibility index (Phi) is 7.39. The van der Waals surface area contributed by atoms with E-state index in [1.54, 1.807) is 10.8 Å². The van der Waals surface area contributed by atoms with Crippen LogP contribution in [-0.2, 0) is 4.79 Å². The van der Waals surface area contributed by atoms with Crippen LogP contribution in [0.1, 0.15) is 16.8 Å². The summed E-state index contributed by atoms with van der Waals surface area (Å²) in [6.45, 7) is 0.535. The predicted molar refractivity (Wildman–Crippen MR) is 119 cm³/mol. The van der Waals surface area contributed by atoms with Gasteiger partial charge in [0.1, 0.15) is 0 Å². The smallest absolute Gasteiger partial charge is 0.304 e. The summed E-state index contributed by atoms with van der Waals surface area (Å²) in [7, 11) is 3.09. The van der Waals surface area contributed by atoms with E-state index in [1.165, 1.54) is 10.8 Å². The highest BCUT2D eigenvalue weighted by Crippen LogP contribution is 2.31. The van der Waals surface area contributed by atoms with Gasteiger partial charge in [-0.05, 0) is 28.0 Å². The molecule has 0 unspecified atom stereocenters. The SMILES string of the molecule is O=C(O)CCSSCCNC(=O)c1ccccc1-c1cccc2ccccc12. The number of hydrogen-bond acceptors (Lipinski definition) is 4. The van der Waals surface area contributed by atoms with Gasteiger partial charge in [-0.2, -0.15) is 0 Å². The molecule has 1 amide bonds. The second-order valence-electron chi connectivity index (χ2n) is 6.12. The van der Waals surface area contributed by atoms with Gasteiger partial charge in [-0.15, -0.1) is 0 Å². The zero-order chi connectivity index (χ0) is 19.8. The van der Waals surface area contributed by atoms with Crippen molar-refractivity contribution in [2.45, 2.75) is 6.42 Å². The van der Waals surface area contributed by atoms with Gasteiger partial charge in [0.2, 0.25) is 0 Å². The first-order valence-corrected chi connectivity index (χ1v) is 11.5. The number of carbonyl (C=O) groups is 2. The van der Waals surface area contributed by atoms with Crippen molar-refractivity contribution in [2.24, 2.45) is 0 Å². The lowest BCUT2D eigenvalue weighted by Crippen LogP contribution is -2.26. The highest BCUT2D eigenvalue weighted by Gasteiger charge is 2.13. The molecular formula is C22H21NO3S2. The standard InChI is InChI=1S/C22H21NO3S2/c24-21(25)12-14-27-28-15-13-23-22(26)20-10-4-3-9-19(20)18-11-5-7-16-6-1-2-8-17(16)18/h1-11H,12-15H2,(H,23,26)(H,24,25). The summed E-state index contributed by atoms with van der Waals surface area (Å²) in [6.07, 6.45) is 0.155. The van der Waals surface area contributed by atoms with Crippen LogP contribution in [0.25, 0.3) is 21.9 Å². The molecule has 2 N–H and O–H groups in total. The molecule has 3 aromatic carbocycles. The van der Waals surface area contributed by atoms with E-state index in [2.05, 4.69) is 23.5 Å². The van der Waals surface area contributed by atoms with Crippen molar-refractivity contribution >= 4 is 44.2 Å². The average Bonchev–Trinajstić information content (AvgIpc) is 2.72. The lowest BCUT2D eigenvalue weighted by Gasteiger charge is -2.12. The summed E-state index contributed by atoms with van der Waals surface area (Å²) < 4.78 is 0. The molecular weight excluding hydrogens is 390 g/mol. The van der Waals surface area contributed by atoms with Crippen molar-refractivity contribution in [3.8, 4) is 11.1 Å². The van der Waals surface area contributed by atoms with Crippen molar-refractivity contribution < 1.29 is 14.7 Å². The van der Waals surface area contributed by atoms with E-state index >= 15 is 0 Å². The van der Waals surface area contributed by atoms with Gasteiger partial charge >= 0.3 is 5.97 Å². The molecule has 0 heterocycles. The van der Waals surface area contributed by atoms with Crippen molar-refractivity contribution in [3.05, 3.63) is 72.3 Å². The molecule has 0 saturated heterocycles. The first-order chi connectivity index (χ1) is 13.7. The molecule has 0 aliphatic heterocycles. The molecule has 4 nitrogen and oxygen atoms in total. The summed E-state index contributed by atoms with van der Waals surface area (Å²) in [6, 6.07) is 21.9. The van der Waals surface area contributed by atoms with Crippen molar-refractivity contribution in [1.29, 1.82) is 0 Å². The largest absolute Gasteiger partial charge is 0.481 e. The molecule has 0 radical (unpaired) electrons. The van der Waals surface area contributed by atoms with Crippen LogP contribution < -0.4 is 5.32 Å². The quantitative estimate of drug-likeness (QED) is 0.379. The fourth-order valence-corrected chi connectivity index (χ4v) is 4.81. The molecule has 0 aliphatic carbocycles. The number of carboxylic acids is 1. The van der Waals surface area contributed by atoms with E-state index in [0.29, 0.717) is 17.9 Å². The van der Waals surface area contributed by atoms with Crippen LogP contribution in [0.15, 0.2) is 66.7 Å². The van der Waals surface area contributed by atoms with Crippen molar-refractivity contribution in [2.75, 3.05) is 18.1 Å². The van der Waals surface area contributed by atoms with Crippen LogP contribution in [0.3, 0.4) is 0 Å². The second-order valence-corrected chi connectivity index (χ2v) is 8.82. The lowest BCUT2D eigenvalue weighted by molar-refractivity contribution is -0.136.